The number of hydrogen-bond donors (Lipinski definition) is 6. The van der Waals surface area contributed by atoms with E-state index in [1.165, 1.54) is 13.8 Å². The highest BCUT2D eigenvalue weighted by Crippen LogP contribution is 2.11. The van der Waals surface area contributed by atoms with Crippen LogP contribution in [0.15, 0.2) is 31.6 Å². The molecular weight excluding hydrogens is 720 g/mol. The third-order valence-corrected chi connectivity index (χ3v) is 7.59. The molecule has 2 atom stereocenters. The molecule has 0 bridgehead atoms. The predicted octanol–water partition coefficient (Wildman–Crippen LogP) is 0.774. The van der Waals surface area contributed by atoms with Crippen LogP contribution in [0.25, 0.3) is 0 Å². The zero-order valence-electron chi connectivity index (χ0n) is 30.4. The lowest BCUT2D eigenvalue weighted by Crippen LogP contribution is -2.41. The van der Waals surface area contributed by atoms with Crippen LogP contribution in [0.3, 0.4) is 0 Å². The van der Waals surface area contributed by atoms with Gasteiger partial charge in [-0.15, -0.1) is 0 Å². The first-order chi connectivity index (χ1) is 25.8. The monoisotopic (exact) mass is 766 g/mol. The normalized spacial score (nSPS) is 11.7. The Morgan fingerprint density at radius 2 is 0.944 bits per heavy atom. The summed E-state index contributed by atoms with van der Waals surface area (Å²) in [6.45, 7) is 6.48. The lowest BCUT2D eigenvalue weighted by atomic mass is 10.2. The van der Waals surface area contributed by atoms with E-state index in [0.29, 0.717) is 25.7 Å². The van der Waals surface area contributed by atoms with Gasteiger partial charge in [-0.05, 0) is 39.5 Å². The number of imide groups is 2. The molecule has 6 amide bonds. The largest absolute Gasteiger partial charge is 0.450 e. The Balaban J connectivity index is 1.72. The van der Waals surface area contributed by atoms with Crippen LogP contribution >= 0.6 is 0 Å². The SMILES string of the molecule is CCOC(=O)NC(=O)c1cn([C@H](CC)COC(=O)NCCCCCCNC(=O)OC[C@H](CC)n2cc(C(=O)NC(=O)OCC)c(=O)[nH]c2=O)c(=O)[nH]c1=O. The molecular formula is C32H46N8O14. The van der Waals surface area contributed by atoms with Crippen molar-refractivity contribution in [3.63, 3.8) is 0 Å². The van der Waals surface area contributed by atoms with Crippen molar-refractivity contribution >= 4 is 36.2 Å². The molecule has 54 heavy (non-hydrogen) atoms. The Labute approximate surface area is 307 Å². The van der Waals surface area contributed by atoms with Crippen LogP contribution in [-0.2, 0) is 18.9 Å². The van der Waals surface area contributed by atoms with Crippen molar-refractivity contribution in [2.24, 2.45) is 0 Å². The van der Waals surface area contributed by atoms with E-state index in [9.17, 15) is 47.9 Å². The van der Waals surface area contributed by atoms with Gasteiger partial charge in [0.15, 0.2) is 0 Å². The van der Waals surface area contributed by atoms with Crippen molar-refractivity contribution in [3.05, 3.63) is 65.2 Å². The fourth-order valence-electron chi connectivity index (χ4n) is 4.71. The zero-order chi connectivity index (χ0) is 40.2. The number of unbranched alkanes of at least 4 members (excludes halogenated alkanes) is 3. The standard InChI is InChI=1S/C32H46N8O14/c1-5-19(39-15-21(23(41)35-27(39)45)25(43)37-31(49)51-7-3)17-53-29(47)33-13-11-9-10-12-14-34-30(48)54-18-20(6-2)40-16-22(24(42)36-28(40)46)26(44)38-32(50)52-8-4/h15-16,19-20H,5-14,17-18H2,1-4H3,(H,33,47)(H,34,48)(H,35,41,45)(H,36,42,46)(H,37,43,49)(H,38,44,50)/t19-,20+. The minimum absolute atomic E-state index is 0.00500. The first kappa shape index (κ1) is 43.9. The van der Waals surface area contributed by atoms with E-state index in [-0.39, 0.29) is 52.4 Å². The molecule has 22 heteroatoms. The van der Waals surface area contributed by atoms with Crippen molar-refractivity contribution in [1.82, 2.24) is 40.4 Å². The minimum atomic E-state index is -1.07. The maximum Gasteiger partial charge on any atom is 0.414 e. The zero-order valence-corrected chi connectivity index (χ0v) is 30.4. The number of amides is 6. The van der Waals surface area contributed by atoms with Crippen molar-refractivity contribution in [2.45, 2.75) is 78.3 Å². The summed E-state index contributed by atoms with van der Waals surface area (Å²) in [6.07, 6.45) is 1.46. The summed E-state index contributed by atoms with van der Waals surface area (Å²) in [7, 11) is 0. The third-order valence-electron chi connectivity index (χ3n) is 7.59. The van der Waals surface area contributed by atoms with Crippen LogP contribution in [0, 0.1) is 0 Å². The summed E-state index contributed by atoms with van der Waals surface area (Å²) in [6, 6.07) is -1.48. The van der Waals surface area contributed by atoms with Crippen LogP contribution in [0.1, 0.15) is 99.0 Å². The second-order valence-corrected chi connectivity index (χ2v) is 11.4. The number of aromatic nitrogens is 4. The summed E-state index contributed by atoms with van der Waals surface area (Å²) in [5.74, 6) is -2.15. The highest BCUT2D eigenvalue weighted by atomic mass is 16.6. The molecule has 298 valence electrons. The number of rotatable bonds is 19. The highest BCUT2D eigenvalue weighted by molar-refractivity contribution is 6.03. The van der Waals surface area contributed by atoms with Crippen LogP contribution in [-0.4, -0.2) is 94.8 Å². The smallest absolute Gasteiger partial charge is 0.414 e. The van der Waals surface area contributed by atoms with E-state index in [2.05, 4.69) is 20.1 Å². The average Bonchev–Trinajstić information content (AvgIpc) is 3.11. The lowest BCUT2D eigenvalue weighted by molar-refractivity contribution is 0.0908. The minimum Gasteiger partial charge on any atom is -0.450 e. The summed E-state index contributed by atoms with van der Waals surface area (Å²) < 4.78 is 21.7. The fourth-order valence-corrected chi connectivity index (χ4v) is 4.71. The molecule has 0 unspecified atom stereocenters. The van der Waals surface area contributed by atoms with Gasteiger partial charge >= 0.3 is 35.8 Å². The Hall–Kier alpha value is -6.22. The Morgan fingerprint density at radius 3 is 1.28 bits per heavy atom. The number of nitrogens with one attached hydrogen (secondary N) is 6. The molecule has 22 nitrogen and oxygen atoms in total. The molecule has 0 saturated heterocycles. The summed E-state index contributed by atoms with van der Waals surface area (Å²) in [5.41, 5.74) is -4.72. The lowest BCUT2D eigenvalue weighted by Gasteiger charge is -2.18. The van der Waals surface area contributed by atoms with Crippen LogP contribution in [0.2, 0.25) is 0 Å². The maximum atomic E-state index is 12.4. The summed E-state index contributed by atoms with van der Waals surface area (Å²) in [5, 5.41) is 8.93. The quantitative estimate of drug-likeness (QED) is 0.0851. The number of alkyl carbamates (subject to hydrolysis) is 4. The van der Waals surface area contributed by atoms with Crippen molar-refractivity contribution in [3.8, 4) is 0 Å². The van der Waals surface area contributed by atoms with E-state index in [0.717, 1.165) is 21.5 Å². The van der Waals surface area contributed by atoms with Gasteiger partial charge in [-0.2, -0.15) is 0 Å². The molecule has 0 spiro atoms. The van der Waals surface area contributed by atoms with E-state index in [4.69, 9.17) is 9.47 Å². The number of carbonyl (C=O) groups excluding carboxylic acids is 6. The van der Waals surface area contributed by atoms with Crippen molar-refractivity contribution < 1.29 is 47.7 Å². The number of nitrogens with zero attached hydrogens (tertiary/aromatic N) is 2. The molecule has 0 aliphatic carbocycles. The summed E-state index contributed by atoms with van der Waals surface area (Å²) >= 11 is 0. The number of aromatic amines is 2. The molecule has 2 aromatic rings. The number of ether oxygens (including phenoxy) is 4. The van der Waals surface area contributed by atoms with E-state index in [1.54, 1.807) is 13.8 Å². The van der Waals surface area contributed by atoms with Crippen LogP contribution in [0.5, 0.6) is 0 Å². The number of H-pyrrole nitrogens is 2. The predicted molar refractivity (Wildman–Crippen MR) is 187 cm³/mol. The van der Waals surface area contributed by atoms with Gasteiger partial charge in [0.2, 0.25) is 0 Å². The highest BCUT2D eigenvalue weighted by Gasteiger charge is 2.22. The number of carbonyl (C=O) groups is 6. The fraction of sp³-hybridized carbons (Fsp3) is 0.562. The maximum absolute atomic E-state index is 12.4. The first-order valence-corrected chi connectivity index (χ1v) is 17.2. The average molecular weight is 767 g/mol. The van der Waals surface area contributed by atoms with Crippen LogP contribution < -0.4 is 43.8 Å². The Kier molecular flexibility index (Phi) is 18.4. The van der Waals surface area contributed by atoms with Crippen LogP contribution in [0.4, 0.5) is 19.2 Å². The molecule has 2 aromatic heterocycles. The second kappa shape index (κ2) is 22.7. The molecule has 0 fully saturated rings. The molecule has 0 aliphatic heterocycles. The first-order valence-electron chi connectivity index (χ1n) is 17.2. The van der Waals surface area contributed by atoms with Gasteiger partial charge in [0.1, 0.15) is 24.3 Å². The van der Waals surface area contributed by atoms with Gasteiger partial charge in [-0.25, -0.2) is 28.8 Å². The Morgan fingerprint density at radius 1 is 0.574 bits per heavy atom. The number of hydrogen-bond acceptors (Lipinski definition) is 14. The molecule has 0 aliphatic rings. The summed E-state index contributed by atoms with van der Waals surface area (Å²) in [4.78, 5) is 125. The molecule has 2 rings (SSSR count). The van der Waals surface area contributed by atoms with Gasteiger partial charge in [0.05, 0.1) is 25.3 Å². The van der Waals surface area contributed by atoms with Gasteiger partial charge in [0.25, 0.3) is 22.9 Å². The van der Waals surface area contributed by atoms with Crippen molar-refractivity contribution in [2.75, 3.05) is 39.5 Å². The molecule has 6 N–H and O–H groups in total. The Bertz CT molecular complexity index is 1730. The van der Waals surface area contributed by atoms with Gasteiger partial charge < -0.3 is 29.6 Å². The molecule has 0 aromatic carbocycles. The van der Waals surface area contributed by atoms with Gasteiger partial charge in [-0.3, -0.25) is 48.9 Å². The molecule has 0 radical (unpaired) electrons. The molecule has 0 saturated carbocycles. The second-order valence-electron chi connectivity index (χ2n) is 11.4. The van der Waals surface area contributed by atoms with Crippen molar-refractivity contribution in [1.29, 1.82) is 0 Å². The topological polar surface area (TPSA) is 297 Å². The van der Waals surface area contributed by atoms with E-state index >= 15 is 0 Å². The molecule has 2 heterocycles. The van der Waals surface area contributed by atoms with Gasteiger partial charge in [0, 0.05) is 25.5 Å². The van der Waals surface area contributed by atoms with Gasteiger partial charge in [-0.1, -0.05) is 26.7 Å². The van der Waals surface area contributed by atoms with E-state index < -0.39 is 81.9 Å². The third kappa shape index (κ3) is 14.1. The van der Waals surface area contributed by atoms with E-state index in [1.807, 2.05) is 20.6 Å².